The number of nitrogens with zero attached hydrogens (tertiary/aromatic N) is 1. The van der Waals surface area contributed by atoms with Gasteiger partial charge in [-0.1, -0.05) is 12.1 Å². The van der Waals surface area contributed by atoms with E-state index in [1.54, 1.807) is 4.90 Å². The summed E-state index contributed by atoms with van der Waals surface area (Å²) in [6, 6.07) is 5.28. The molecule has 0 saturated carbocycles. The van der Waals surface area contributed by atoms with Crippen molar-refractivity contribution >= 4 is 17.7 Å². The van der Waals surface area contributed by atoms with Crippen LogP contribution in [0.1, 0.15) is 47.2 Å². The van der Waals surface area contributed by atoms with Gasteiger partial charge >= 0.3 is 0 Å². The van der Waals surface area contributed by atoms with Gasteiger partial charge in [0, 0.05) is 38.3 Å². The van der Waals surface area contributed by atoms with Crippen LogP contribution in [0.5, 0.6) is 0 Å². The van der Waals surface area contributed by atoms with Gasteiger partial charge in [-0.3, -0.25) is 19.7 Å². The highest BCUT2D eigenvalue weighted by molar-refractivity contribution is 6.05. The first-order valence-electron chi connectivity index (χ1n) is 9.85. The van der Waals surface area contributed by atoms with Crippen LogP contribution in [-0.4, -0.2) is 55.0 Å². The molecular weight excluding hydrogens is 360 g/mol. The van der Waals surface area contributed by atoms with E-state index < -0.39 is 6.04 Å². The van der Waals surface area contributed by atoms with Gasteiger partial charge in [-0.25, -0.2) is 0 Å². The maximum atomic E-state index is 12.8. The van der Waals surface area contributed by atoms with Crippen LogP contribution in [-0.2, 0) is 27.4 Å². The minimum atomic E-state index is -0.571. The molecule has 2 aliphatic rings. The number of fused-ring (bicyclic) bond motifs is 1. The smallest absolute Gasteiger partial charge is 0.255 e. The Kier molecular flexibility index (Phi) is 7.13. The summed E-state index contributed by atoms with van der Waals surface area (Å²) in [6.07, 6.45) is 2.44. The van der Waals surface area contributed by atoms with Gasteiger partial charge in [0.15, 0.2) is 0 Å². The Morgan fingerprint density at radius 2 is 2.04 bits per heavy atom. The molecule has 3 rings (SSSR count). The number of hydrogen-bond acceptors (Lipinski definition) is 6. The lowest BCUT2D eigenvalue weighted by molar-refractivity contribution is -0.136. The predicted octanol–water partition coefficient (Wildman–Crippen LogP) is 0.293. The van der Waals surface area contributed by atoms with E-state index in [2.05, 4.69) is 10.6 Å². The Hall–Kier alpha value is -2.29. The molecule has 8 nitrogen and oxygen atoms in total. The highest BCUT2D eigenvalue weighted by atomic mass is 16.5. The molecule has 2 heterocycles. The second-order valence-electron chi connectivity index (χ2n) is 7.18. The summed E-state index contributed by atoms with van der Waals surface area (Å²) < 4.78 is 5.46. The maximum absolute atomic E-state index is 12.8. The lowest BCUT2D eigenvalue weighted by Crippen LogP contribution is -2.52. The van der Waals surface area contributed by atoms with Crippen molar-refractivity contribution in [3.63, 3.8) is 0 Å². The summed E-state index contributed by atoms with van der Waals surface area (Å²) in [4.78, 5) is 37.8. The average Bonchev–Trinajstić information content (AvgIpc) is 3.00. The Labute approximate surface area is 164 Å². The molecule has 0 aliphatic carbocycles. The lowest BCUT2D eigenvalue weighted by Gasteiger charge is -2.29. The Morgan fingerprint density at radius 1 is 1.21 bits per heavy atom. The van der Waals surface area contributed by atoms with Crippen molar-refractivity contribution in [2.24, 2.45) is 5.73 Å². The number of rotatable bonds is 10. The molecule has 1 atom stereocenters. The topological polar surface area (TPSA) is 114 Å². The van der Waals surface area contributed by atoms with E-state index in [0.29, 0.717) is 44.8 Å². The van der Waals surface area contributed by atoms with Crippen molar-refractivity contribution in [3.8, 4) is 0 Å². The molecule has 0 aromatic heterocycles. The van der Waals surface area contributed by atoms with Crippen molar-refractivity contribution < 1.29 is 19.1 Å². The number of benzene rings is 1. The summed E-state index contributed by atoms with van der Waals surface area (Å²) in [6.45, 7) is 3.96. The summed E-state index contributed by atoms with van der Waals surface area (Å²) in [5.74, 6) is -0.795. The third-order valence-corrected chi connectivity index (χ3v) is 5.06. The molecule has 3 amide bonds. The minimum absolute atomic E-state index is 0.139. The molecule has 0 spiro atoms. The van der Waals surface area contributed by atoms with Crippen LogP contribution in [0.3, 0.4) is 0 Å². The quantitative estimate of drug-likeness (QED) is 0.392. The van der Waals surface area contributed by atoms with Gasteiger partial charge in [-0.15, -0.1) is 0 Å². The van der Waals surface area contributed by atoms with Crippen molar-refractivity contribution in [2.45, 2.75) is 44.8 Å². The number of nitrogens with one attached hydrogen (secondary N) is 2. The summed E-state index contributed by atoms with van der Waals surface area (Å²) in [5, 5.41) is 5.68. The monoisotopic (exact) mass is 388 g/mol. The van der Waals surface area contributed by atoms with E-state index in [-0.39, 0.29) is 24.1 Å². The fourth-order valence-electron chi connectivity index (χ4n) is 3.53. The summed E-state index contributed by atoms with van der Waals surface area (Å²) >= 11 is 0. The van der Waals surface area contributed by atoms with Gasteiger partial charge in [0.25, 0.3) is 5.91 Å². The Bertz CT molecular complexity index is 737. The molecule has 1 aromatic rings. The number of piperidine rings is 1. The van der Waals surface area contributed by atoms with E-state index in [9.17, 15) is 14.4 Å². The maximum Gasteiger partial charge on any atom is 0.255 e. The number of carbonyl (C=O) groups excluding carboxylic acids is 3. The number of hydrogen-bond donors (Lipinski definition) is 3. The van der Waals surface area contributed by atoms with Crippen molar-refractivity contribution in [1.29, 1.82) is 0 Å². The highest BCUT2D eigenvalue weighted by Crippen LogP contribution is 2.28. The first kappa shape index (κ1) is 20.4. The van der Waals surface area contributed by atoms with Crippen molar-refractivity contribution in [1.82, 2.24) is 15.5 Å². The molecule has 1 saturated heterocycles. The molecule has 8 heteroatoms. The minimum Gasteiger partial charge on any atom is -0.381 e. The predicted molar refractivity (Wildman–Crippen MR) is 103 cm³/mol. The van der Waals surface area contributed by atoms with E-state index in [1.807, 2.05) is 18.2 Å². The molecule has 1 unspecified atom stereocenters. The van der Waals surface area contributed by atoms with Gasteiger partial charge < -0.3 is 20.7 Å². The summed E-state index contributed by atoms with van der Waals surface area (Å²) in [5.41, 5.74) is 8.01. The second kappa shape index (κ2) is 9.77. The van der Waals surface area contributed by atoms with Crippen molar-refractivity contribution in [3.05, 3.63) is 34.9 Å². The van der Waals surface area contributed by atoms with Gasteiger partial charge in [0.1, 0.15) is 6.04 Å². The average molecular weight is 388 g/mol. The highest BCUT2D eigenvalue weighted by Gasteiger charge is 2.38. The van der Waals surface area contributed by atoms with Crippen LogP contribution in [0, 0.1) is 0 Å². The zero-order valence-electron chi connectivity index (χ0n) is 16.0. The normalized spacial score (nSPS) is 19.1. The number of ether oxygens (including phenoxy) is 1. The molecule has 28 heavy (non-hydrogen) atoms. The molecule has 1 fully saturated rings. The lowest BCUT2D eigenvalue weighted by atomic mass is 10.0. The zero-order valence-corrected chi connectivity index (χ0v) is 16.0. The first-order chi connectivity index (χ1) is 13.6. The molecule has 0 bridgehead atoms. The molecule has 152 valence electrons. The van der Waals surface area contributed by atoms with Crippen LogP contribution < -0.4 is 16.4 Å². The first-order valence-corrected chi connectivity index (χ1v) is 9.85. The Morgan fingerprint density at radius 3 is 2.82 bits per heavy atom. The Balaban J connectivity index is 1.48. The third-order valence-electron chi connectivity index (χ3n) is 5.06. The standard InChI is InChI=1S/C20H28N4O4/c21-7-1-9-28-10-2-8-22-12-14-3-4-15-13-24(20(27)16(15)11-14)17-5-6-18(25)23-19(17)26/h3-4,11,17,22H,1-2,5-10,12-13,21H2,(H,23,25,26). The van der Waals surface area contributed by atoms with E-state index in [0.717, 1.165) is 30.5 Å². The van der Waals surface area contributed by atoms with Crippen LogP contribution >= 0.6 is 0 Å². The van der Waals surface area contributed by atoms with E-state index in [4.69, 9.17) is 10.5 Å². The molecule has 4 N–H and O–H groups in total. The molecular formula is C20H28N4O4. The second-order valence-corrected chi connectivity index (χ2v) is 7.18. The van der Waals surface area contributed by atoms with E-state index in [1.165, 1.54) is 0 Å². The fourth-order valence-corrected chi connectivity index (χ4v) is 3.53. The van der Waals surface area contributed by atoms with Crippen LogP contribution in [0.2, 0.25) is 0 Å². The van der Waals surface area contributed by atoms with Gasteiger partial charge in [0.05, 0.1) is 0 Å². The van der Waals surface area contributed by atoms with Crippen LogP contribution in [0.25, 0.3) is 0 Å². The van der Waals surface area contributed by atoms with Crippen LogP contribution in [0.15, 0.2) is 18.2 Å². The summed E-state index contributed by atoms with van der Waals surface area (Å²) in [7, 11) is 0. The molecule has 2 aliphatic heterocycles. The van der Waals surface area contributed by atoms with Gasteiger partial charge in [-0.05, 0) is 49.5 Å². The SMILES string of the molecule is NCCCOCCCNCc1ccc2c(c1)C(=O)N(C1CCC(=O)NC1=O)C2. The number of carbonyl (C=O) groups is 3. The molecule has 1 aromatic carbocycles. The van der Waals surface area contributed by atoms with Gasteiger partial charge in [0.2, 0.25) is 11.8 Å². The van der Waals surface area contributed by atoms with E-state index >= 15 is 0 Å². The van der Waals surface area contributed by atoms with Gasteiger partial charge in [-0.2, -0.15) is 0 Å². The van der Waals surface area contributed by atoms with Crippen LogP contribution in [0.4, 0.5) is 0 Å². The molecule has 0 radical (unpaired) electrons. The third kappa shape index (κ3) is 4.95. The fraction of sp³-hybridized carbons (Fsp3) is 0.550. The largest absolute Gasteiger partial charge is 0.381 e. The zero-order chi connectivity index (χ0) is 19.9. The number of amides is 3. The number of imide groups is 1. The number of nitrogens with two attached hydrogens (primary N) is 1. The van der Waals surface area contributed by atoms with Crippen molar-refractivity contribution in [2.75, 3.05) is 26.3 Å².